The predicted molar refractivity (Wildman–Crippen MR) is 217 cm³/mol. The number of carbonyl (C=O) groups excluding carboxylic acids is 3. The van der Waals surface area contributed by atoms with Gasteiger partial charge in [-0.1, -0.05) is 108 Å². The van der Waals surface area contributed by atoms with Crippen molar-refractivity contribution < 1.29 is 14.4 Å². The lowest BCUT2D eigenvalue weighted by Crippen LogP contribution is -2.57. The summed E-state index contributed by atoms with van der Waals surface area (Å²) in [5.74, 6) is -0.110. The molecule has 0 saturated carbocycles. The van der Waals surface area contributed by atoms with E-state index in [9.17, 15) is 14.4 Å². The van der Waals surface area contributed by atoms with Crippen molar-refractivity contribution in [3.63, 3.8) is 0 Å². The first-order chi connectivity index (χ1) is 27.2. The molecular weight excluding hydrogens is 703 g/mol. The van der Waals surface area contributed by atoms with Gasteiger partial charge in [0.05, 0.1) is 6.04 Å². The molecule has 284 valence electrons. The molecule has 3 atom stereocenters. The molecule has 4 aromatic carbocycles. The first-order valence-electron chi connectivity index (χ1n) is 18.6. The SMILES string of the molecule is Cc1ccc(-c2ncc(C[C@H](NC(=O)[C@H](Cc3c[nH]c4ccccc34)NC(=O)[C@@H](N)Cc3cnc(-c4ccc(C)cc4)[nH]3)C(=O)NCc3ccccc3)[nH]2)cc1. The molecule has 0 aliphatic carbocycles. The van der Waals surface area contributed by atoms with Crippen molar-refractivity contribution in [1.82, 2.24) is 40.9 Å². The summed E-state index contributed by atoms with van der Waals surface area (Å²) in [5, 5.41) is 9.75. The third kappa shape index (κ3) is 9.28. The highest BCUT2D eigenvalue weighted by molar-refractivity contribution is 5.94. The predicted octanol–water partition coefficient (Wildman–Crippen LogP) is 5.21. The van der Waals surface area contributed by atoms with Gasteiger partial charge in [0.25, 0.3) is 0 Å². The van der Waals surface area contributed by atoms with Gasteiger partial charge >= 0.3 is 0 Å². The molecule has 7 rings (SSSR count). The van der Waals surface area contributed by atoms with Gasteiger partial charge in [0.15, 0.2) is 0 Å². The Morgan fingerprint density at radius 2 is 1.20 bits per heavy atom. The molecule has 0 bridgehead atoms. The monoisotopic (exact) mass is 747 g/mol. The fourth-order valence-electron chi connectivity index (χ4n) is 6.59. The van der Waals surface area contributed by atoms with E-state index < -0.39 is 29.9 Å². The Bertz CT molecular complexity index is 2410. The average Bonchev–Trinajstić information content (AvgIpc) is 3.98. The lowest BCUT2D eigenvalue weighted by atomic mass is 10.0. The lowest BCUT2D eigenvalue weighted by Gasteiger charge is -2.24. The van der Waals surface area contributed by atoms with Crippen LogP contribution in [-0.4, -0.2) is 60.8 Å². The van der Waals surface area contributed by atoms with E-state index in [-0.39, 0.29) is 31.7 Å². The highest BCUT2D eigenvalue weighted by atomic mass is 16.2. The van der Waals surface area contributed by atoms with E-state index in [4.69, 9.17) is 5.73 Å². The maximum Gasteiger partial charge on any atom is 0.243 e. The lowest BCUT2D eigenvalue weighted by molar-refractivity contribution is -0.132. The van der Waals surface area contributed by atoms with Crippen molar-refractivity contribution in [2.24, 2.45) is 5.73 Å². The van der Waals surface area contributed by atoms with Crippen LogP contribution in [0.15, 0.2) is 122 Å². The number of imidazole rings is 2. The zero-order valence-corrected chi connectivity index (χ0v) is 31.3. The van der Waals surface area contributed by atoms with Gasteiger partial charge in [-0.05, 0) is 31.0 Å². The summed E-state index contributed by atoms with van der Waals surface area (Å²) in [6.07, 6.45) is 5.60. The third-order valence-electron chi connectivity index (χ3n) is 9.78. The van der Waals surface area contributed by atoms with Gasteiger partial charge in [0, 0.05) is 77.8 Å². The van der Waals surface area contributed by atoms with Crippen LogP contribution in [0.25, 0.3) is 33.7 Å². The number of aryl methyl sites for hydroxylation is 2. The summed E-state index contributed by atoms with van der Waals surface area (Å²) in [6, 6.07) is 30.1. The zero-order valence-electron chi connectivity index (χ0n) is 31.3. The Hall–Kier alpha value is -6.79. The Morgan fingerprint density at radius 1 is 0.643 bits per heavy atom. The van der Waals surface area contributed by atoms with Crippen LogP contribution in [0.5, 0.6) is 0 Å². The van der Waals surface area contributed by atoms with E-state index in [1.165, 1.54) is 0 Å². The second-order valence-corrected chi connectivity index (χ2v) is 14.2. The largest absolute Gasteiger partial charge is 0.361 e. The number of aromatic amines is 3. The average molecular weight is 748 g/mol. The number of carbonyl (C=O) groups is 3. The van der Waals surface area contributed by atoms with Gasteiger partial charge in [-0.25, -0.2) is 9.97 Å². The molecule has 0 spiro atoms. The van der Waals surface area contributed by atoms with Gasteiger partial charge in [0.2, 0.25) is 17.7 Å². The third-order valence-corrected chi connectivity index (χ3v) is 9.78. The first-order valence-corrected chi connectivity index (χ1v) is 18.6. The number of H-pyrrole nitrogens is 3. The molecule has 8 N–H and O–H groups in total. The van der Waals surface area contributed by atoms with E-state index in [0.29, 0.717) is 23.0 Å². The summed E-state index contributed by atoms with van der Waals surface area (Å²) in [7, 11) is 0. The topological polar surface area (TPSA) is 186 Å². The quantitative estimate of drug-likeness (QED) is 0.0755. The van der Waals surface area contributed by atoms with Crippen LogP contribution >= 0.6 is 0 Å². The van der Waals surface area contributed by atoms with Crippen molar-refractivity contribution in [3.8, 4) is 22.8 Å². The molecule has 0 saturated heterocycles. The normalized spacial score (nSPS) is 12.8. The number of benzene rings is 4. The van der Waals surface area contributed by atoms with Crippen molar-refractivity contribution >= 4 is 28.6 Å². The molecule has 12 heteroatoms. The number of fused-ring (bicyclic) bond motifs is 1. The minimum Gasteiger partial charge on any atom is -0.361 e. The molecule has 3 aromatic heterocycles. The Balaban J connectivity index is 1.11. The van der Waals surface area contributed by atoms with Crippen LogP contribution in [0.1, 0.15) is 33.6 Å². The van der Waals surface area contributed by atoms with Crippen molar-refractivity contribution in [1.29, 1.82) is 0 Å². The van der Waals surface area contributed by atoms with Crippen molar-refractivity contribution in [2.75, 3.05) is 0 Å². The molecule has 0 aliphatic heterocycles. The van der Waals surface area contributed by atoms with Crippen LogP contribution < -0.4 is 21.7 Å². The van der Waals surface area contributed by atoms with Gasteiger partial charge in [-0.15, -0.1) is 0 Å². The standard InChI is InChI=1S/C44H45N9O3/c1-27-12-16-30(17-13-27)40-47-25-33(50-40)21-36(45)42(54)52-38(20-32-24-46-37-11-7-6-10-35(32)37)44(56)53-39(43(55)49-23-29-8-4-3-5-9-29)22-34-26-48-41(51-34)31-18-14-28(2)15-19-31/h3-19,24-26,36,38-39,46H,20-23,45H2,1-2H3,(H,47,50)(H,48,51)(H,49,55)(H,52,54)(H,53,56)/t36-,38-,39-/m0/s1. The van der Waals surface area contributed by atoms with Gasteiger partial charge in [0.1, 0.15) is 23.7 Å². The van der Waals surface area contributed by atoms with Crippen molar-refractivity contribution in [3.05, 3.63) is 155 Å². The maximum atomic E-state index is 14.3. The summed E-state index contributed by atoms with van der Waals surface area (Å²) in [4.78, 5) is 60.8. The number of nitrogens with zero attached hydrogens (tertiary/aromatic N) is 2. The minimum atomic E-state index is -1.06. The maximum absolute atomic E-state index is 14.3. The molecule has 0 aliphatic rings. The smallest absolute Gasteiger partial charge is 0.243 e. The molecule has 0 unspecified atom stereocenters. The second kappa shape index (κ2) is 17.1. The number of para-hydroxylation sites is 1. The summed E-state index contributed by atoms with van der Waals surface area (Å²) >= 11 is 0. The summed E-state index contributed by atoms with van der Waals surface area (Å²) in [5.41, 5.74) is 14.5. The second-order valence-electron chi connectivity index (χ2n) is 14.2. The molecular formula is C44H45N9O3. The Morgan fingerprint density at radius 3 is 1.84 bits per heavy atom. The molecule has 56 heavy (non-hydrogen) atoms. The Kier molecular flexibility index (Phi) is 11.5. The van der Waals surface area contributed by atoms with E-state index >= 15 is 0 Å². The fraction of sp³-hybridized carbons (Fsp3) is 0.205. The number of hydrogen-bond donors (Lipinski definition) is 7. The molecule has 0 fully saturated rings. The molecule has 0 radical (unpaired) electrons. The number of hydrogen-bond acceptors (Lipinski definition) is 6. The van der Waals surface area contributed by atoms with E-state index in [1.54, 1.807) is 12.4 Å². The molecule has 3 amide bonds. The highest BCUT2D eigenvalue weighted by Crippen LogP contribution is 2.21. The van der Waals surface area contributed by atoms with E-state index in [1.807, 2.05) is 123 Å². The van der Waals surface area contributed by atoms with Gasteiger partial charge in [-0.3, -0.25) is 14.4 Å². The van der Waals surface area contributed by atoms with E-state index in [2.05, 4.69) is 40.9 Å². The van der Waals surface area contributed by atoms with Crippen molar-refractivity contribution in [2.45, 2.75) is 57.8 Å². The molecule has 7 aromatic rings. The summed E-state index contributed by atoms with van der Waals surface area (Å²) in [6.45, 7) is 4.30. The number of rotatable bonds is 15. The van der Waals surface area contributed by atoms with Crippen LogP contribution in [0.3, 0.4) is 0 Å². The van der Waals surface area contributed by atoms with Crippen LogP contribution in [0, 0.1) is 13.8 Å². The van der Waals surface area contributed by atoms with Gasteiger partial charge in [-0.2, -0.15) is 0 Å². The number of aromatic nitrogens is 5. The van der Waals surface area contributed by atoms with Gasteiger partial charge < -0.3 is 36.6 Å². The van der Waals surface area contributed by atoms with Crippen LogP contribution in [0.2, 0.25) is 0 Å². The summed E-state index contributed by atoms with van der Waals surface area (Å²) < 4.78 is 0. The Labute approximate surface area is 324 Å². The highest BCUT2D eigenvalue weighted by Gasteiger charge is 2.30. The number of nitrogens with one attached hydrogen (secondary N) is 6. The minimum absolute atomic E-state index is 0.127. The number of amides is 3. The first kappa shape index (κ1) is 37.5. The van der Waals surface area contributed by atoms with E-state index in [0.717, 1.165) is 44.3 Å². The molecule has 12 nitrogen and oxygen atoms in total. The zero-order chi connectivity index (χ0) is 39.0. The van der Waals surface area contributed by atoms with Crippen LogP contribution in [0.4, 0.5) is 0 Å². The molecule has 3 heterocycles. The fourth-order valence-corrected chi connectivity index (χ4v) is 6.59. The van der Waals surface area contributed by atoms with Crippen LogP contribution in [-0.2, 0) is 40.2 Å². The number of nitrogens with two attached hydrogens (primary N) is 1.